The Labute approximate surface area is 151 Å². The molecule has 0 amide bonds. The number of aliphatic hydroxyl groups is 1. The number of alkyl halides is 6. The van der Waals surface area contributed by atoms with Crippen LogP contribution in [0.3, 0.4) is 0 Å². The fraction of sp³-hybridized carbons (Fsp3) is 0.562. The molecule has 0 saturated carbocycles. The molecule has 0 fully saturated rings. The minimum Gasteiger partial charge on any atom is -0.465 e. The van der Waals surface area contributed by atoms with Gasteiger partial charge in [-0.3, -0.25) is 4.79 Å². The largest absolute Gasteiger partial charge is 0.465 e. The Morgan fingerprint density at radius 1 is 1.07 bits per heavy atom. The van der Waals surface area contributed by atoms with Crippen LogP contribution < -0.4 is 4.90 Å². The lowest BCUT2D eigenvalue weighted by Crippen LogP contribution is -2.53. The number of anilines is 1. The predicted octanol–water partition coefficient (Wildman–Crippen LogP) is 3.01. The summed E-state index contributed by atoms with van der Waals surface area (Å²) < 4.78 is 87.1. The van der Waals surface area contributed by atoms with Gasteiger partial charge in [0.1, 0.15) is 6.54 Å². The number of hydrogen-bond acceptors (Lipinski definition) is 5. The second-order valence-electron chi connectivity index (χ2n) is 5.47. The van der Waals surface area contributed by atoms with E-state index in [-0.39, 0.29) is 32.0 Å². The van der Waals surface area contributed by atoms with Crippen LogP contribution in [0.5, 0.6) is 0 Å². The van der Waals surface area contributed by atoms with Crippen molar-refractivity contribution in [3.8, 4) is 0 Å². The maximum atomic E-state index is 12.9. The molecule has 0 aliphatic carbocycles. The van der Waals surface area contributed by atoms with Gasteiger partial charge in [-0.1, -0.05) is 12.1 Å². The number of methoxy groups -OCH3 is 1. The molecule has 0 bridgehead atoms. The van der Waals surface area contributed by atoms with Gasteiger partial charge in [-0.2, -0.15) is 26.3 Å². The number of carbonyl (C=O) groups is 1. The molecule has 0 aliphatic rings. The van der Waals surface area contributed by atoms with E-state index in [2.05, 4.69) is 0 Å². The normalized spacial score (nSPS) is 12.8. The third kappa shape index (κ3) is 5.25. The molecule has 1 rings (SSSR count). The van der Waals surface area contributed by atoms with Crippen LogP contribution in [0.1, 0.15) is 12.5 Å². The van der Waals surface area contributed by atoms with Gasteiger partial charge in [0, 0.05) is 24.9 Å². The molecule has 0 unspecified atom stereocenters. The first kappa shape index (κ1) is 23.0. The fourth-order valence-corrected chi connectivity index (χ4v) is 2.26. The Bertz CT molecular complexity index is 601. The highest BCUT2D eigenvalue weighted by molar-refractivity contribution is 5.75. The quantitative estimate of drug-likeness (QED) is 0.534. The minimum atomic E-state index is -5.96. The number of hydrogen-bond donors (Lipinski definition) is 1. The third-order valence-electron chi connectivity index (χ3n) is 3.66. The molecule has 1 N–H and O–H groups in total. The molecule has 27 heavy (non-hydrogen) atoms. The Morgan fingerprint density at radius 2 is 1.59 bits per heavy atom. The van der Waals surface area contributed by atoms with E-state index < -0.39 is 29.5 Å². The Hall–Kier alpha value is -2.01. The summed E-state index contributed by atoms with van der Waals surface area (Å²) in [7, 11) is 1.39. The lowest BCUT2D eigenvalue weighted by Gasteiger charge is -2.33. The summed E-state index contributed by atoms with van der Waals surface area (Å²) in [5.41, 5.74) is -6.22. The molecule has 1 aromatic carbocycles. The van der Waals surface area contributed by atoms with Crippen LogP contribution in [-0.4, -0.2) is 56.8 Å². The van der Waals surface area contributed by atoms with E-state index in [9.17, 15) is 36.2 Å². The summed E-state index contributed by atoms with van der Waals surface area (Å²) in [6, 6.07) is 2.93. The molecular formula is C16H19F6NO4. The molecule has 0 heterocycles. The SMILES string of the molecule is CCOC(=O)CN(CCOC)c1ccc(C(O)(C(F)(F)F)C(F)(F)F)cc1. The van der Waals surface area contributed by atoms with Crippen LogP contribution in [0.2, 0.25) is 0 Å². The number of rotatable bonds is 8. The van der Waals surface area contributed by atoms with Gasteiger partial charge in [0.25, 0.3) is 5.60 Å². The molecule has 0 saturated heterocycles. The van der Waals surface area contributed by atoms with E-state index in [0.29, 0.717) is 12.1 Å². The van der Waals surface area contributed by atoms with Gasteiger partial charge in [0.05, 0.1) is 13.2 Å². The van der Waals surface area contributed by atoms with Gasteiger partial charge in [0.2, 0.25) is 0 Å². The number of benzene rings is 1. The first-order valence-electron chi connectivity index (χ1n) is 7.74. The number of nitrogens with zero attached hydrogens (tertiary/aromatic N) is 1. The number of ether oxygens (including phenoxy) is 2. The van der Waals surface area contributed by atoms with Crippen LogP contribution in [0, 0.1) is 0 Å². The van der Waals surface area contributed by atoms with E-state index in [1.165, 1.54) is 12.0 Å². The first-order chi connectivity index (χ1) is 12.4. The number of halogens is 6. The van der Waals surface area contributed by atoms with Gasteiger partial charge in [-0.15, -0.1) is 0 Å². The summed E-state index contributed by atoms with van der Waals surface area (Å²) in [4.78, 5) is 13.0. The highest BCUT2D eigenvalue weighted by Crippen LogP contribution is 2.50. The van der Waals surface area contributed by atoms with Gasteiger partial charge < -0.3 is 19.5 Å². The summed E-state index contributed by atoms with van der Waals surface area (Å²) >= 11 is 0. The average Bonchev–Trinajstić information content (AvgIpc) is 2.56. The maximum absolute atomic E-state index is 12.9. The van der Waals surface area contributed by atoms with Crippen molar-refractivity contribution in [2.24, 2.45) is 0 Å². The van der Waals surface area contributed by atoms with Crippen LogP contribution in [-0.2, 0) is 19.9 Å². The van der Waals surface area contributed by atoms with Crippen molar-refractivity contribution in [3.63, 3.8) is 0 Å². The summed E-state index contributed by atoms with van der Waals surface area (Å²) in [5, 5.41) is 9.38. The van der Waals surface area contributed by atoms with E-state index in [4.69, 9.17) is 9.47 Å². The van der Waals surface area contributed by atoms with E-state index >= 15 is 0 Å². The topological polar surface area (TPSA) is 59.0 Å². The molecule has 0 atom stereocenters. The zero-order chi connectivity index (χ0) is 20.9. The van der Waals surface area contributed by atoms with Crippen molar-refractivity contribution in [2.75, 3.05) is 38.3 Å². The number of carbonyl (C=O) groups excluding carboxylic acids is 1. The van der Waals surface area contributed by atoms with E-state index in [1.54, 1.807) is 6.92 Å². The molecule has 0 spiro atoms. The highest BCUT2D eigenvalue weighted by Gasteiger charge is 2.71. The van der Waals surface area contributed by atoms with Crippen molar-refractivity contribution in [1.82, 2.24) is 0 Å². The lowest BCUT2D eigenvalue weighted by molar-refractivity contribution is -0.376. The Morgan fingerprint density at radius 3 is 2.00 bits per heavy atom. The Balaban J connectivity index is 3.20. The van der Waals surface area contributed by atoms with E-state index in [1.807, 2.05) is 0 Å². The molecule has 11 heteroatoms. The fourth-order valence-electron chi connectivity index (χ4n) is 2.26. The number of esters is 1. The maximum Gasteiger partial charge on any atom is 0.430 e. The van der Waals surface area contributed by atoms with Gasteiger partial charge in [-0.25, -0.2) is 0 Å². The van der Waals surface area contributed by atoms with Crippen molar-refractivity contribution < 1.29 is 45.7 Å². The van der Waals surface area contributed by atoms with Crippen LogP contribution >= 0.6 is 0 Å². The first-order valence-corrected chi connectivity index (χ1v) is 7.74. The van der Waals surface area contributed by atoms with Crippen molar-refractivity contribution in [2.45, 2.75) is 24.9 Å². The second kappa shape index (κ2) is 8.79. The molecule has 154 valence electrons. The van der Waals surface area contributed by atoms with E-state index in [0.717, 1.165) is 12.1 Å². The van der Waals surface area contributed by atoms with Crippen LogP contribution in [0.15, 0.2) is 24.3 Å². The van der Waals surface area contributed by atoms with Crippen molar-refractivity contribution >= 4 is 11.7 Å². The molecule has 5 nitrogen and oxygen atoms in total. The Kier molecular flexibility index (Phi) is 7.49. The summed E-state index contributed by atoms with van der Waals surface area (Å²) in [6.45, 7) is 1.70. The highest BCUT2D eigenvalue weighted by atomic mass is 19.4. The van der Waals surface area contributed by atoms with Crippen LogP contribution in [0.25, 0.3) is 0 Å². The standard InChI is InChI=1S/C16H19F6NO4/c1-3-27-13(24)10-23(8-9-26-2)12-6-4-11(5-7-12)14(25,15(17,18)19)16(20,21)22/h4-7,25H,3,8-10H2,1-2H3. The van der Waals surface area contributed by atoms with Gasteiger partial charge in [-0.05, 0) is 19.1 Å². The monoisotopic (exact) mass is 403 g/mol. The lowest BCUT2D eigenvalue weighted by atomic mass is 9.92. The minimum absolute atomic E-state index is 0.111. The molecule has 0 aliphatic heterocycles. The van der Waals surface area contributed by atoms with Crippen molar-refractivity contribution in [1.29, 1.82) is 0 Å². The summed E-state index contributed by atoms with van der Waals surface area (Å²) in [5.74, 6) is -0.625. The molecule has 1 aromatic rings. The zero-order valence-electron chi connectivity index (χ0n) is 14.5. The zero-order valence-corrected chi connectivity index (χ0v) is 14.5. The van der Waals surface area contributed by atoms with Gasteiger partial charge in [0.15, 0.2) is 0 Å². The van der Waals surface area contributed by atoms with Gasteiger partial charge >= 0.3 is 18.3 Å². The van der Waals surface area contributed by atoms with Crippen LogP contribution in [0.4, 0.5) is 32.0 Å². The average molecular weight is 403 g/mol. The third-order valence-corrected chi connectivity index (χ3v) is 3.66. The van der Waals surface area contributed by atoms with Crippen molar-refractivity contribution in [3.05, 3.63) is 29.8 Å². The molecular weight excluding hydrogens is 384 g/mol. The second-order valence-corrected chi connectivity index (χ2v) is 5.47. The summed E-state index contributed by atoms with van der Waals surface area (Å²) in [6.07, 6.45) is -11.9. The smallest absolute Gasteiger partial charge is 0.430 e. The predicted molar refractivity (Wildman–Crippen MR) is 83.2 cm³/mol. The molecule has 0 aromatic heterocycles. The molecule has 0 radical (unpaired) electrons.